The SMILES string of the molecule is CC1CCN(c2nc3ncc4c(c3c(=O)[nH]2)CC(C)(C)CC4=O)CC1. The molecule has 0 saturated carbocycles. The van der Waals surface area contributed by atoms with Crippen molar-refractivity contribution >= 4 is 22.8 Å². The Morgan fingerprint density at radius 1 is 1.20 bits per heavy atom. The summed E-state index contributed by atoms with van der Waals surface area (Å²) in [6.07, 6.45) is 4.98. The Kier molecular flexibility index (Phi) is 3.67. The quantitative estimate of drug-likeness (QED) is 0.863. The summed E-state index contributed by atoms with van der Waals surface area (Å²) in [4.78, 5) is 39.3. The lowest BCUT2D eigenvalue weighted by Crippen LogP contribution is -2.35. The Balaban J connectivity index is 1.83. The number of nitrogens with one attached hydrogen (secondary N) is 1. The average molecular weight is 340 g/mol. The maximum absolute atomic E-state index is 12.8. The van der Waals surface area contributed by atoms with Gasteiger partial charge in [-0.1, -0.05) is 20.8 Å². The van der Waals surface area contributed by atoms with E-state index < -0.39 is 0 Å². The number of rotatable bonds is 1. The lowest BCUT2D eigenvalue weighted by molar-refractivity contribution is 0.0912. The Hall–Kier alpha value is -2.24. The maximum Gasteiger partial charge on any atom is 0.262 e. The van der Waals surface area contributed by atoms with Crippen LogP contribution in [0.1, 0.15) is 56.0 Å². The molecule has 1 saturated heterocycles. The fourth-order valence-corrected chi connectivity index (χ4v) is 4.02. The first-order valence-corrected chi connectivity index (χ1v) is 9.04. The molecule has 0 spiro atoms. The number of anilines is 1. The van der Waals surface area contributed by atoms with Crippen LogP contribution in [-0.2, 0) is 6.42 Å². The number of aromatic nitrogens is 3. The highest BCUT2D eigenvalue weighted by Gasteiger charge is 2.33. The van der Waals surface area contributed by atoms with Crippen LogP contribution in [-0.4, -0.2) is 33.8 Å². The minimum Gasteiger partial charge on any atom is -0.342 e. The van der Waals surface area contributed by atoms with Crippen molar-refractivity contribution in [3.63, 3.8) is 0 Å². The van der Waals surface area contributed by atoms with Gasteiger partial charge in [0.2, 0.25) is 5.95 Å². The fourth-order valence-electron chi connectivity index (χ4n) is 4.02. The van der Waals surface area contributed by atoms with Crippen LogP contribution in [0.2, 0.25) is 0 Å². The summed E-state index contributed by atoms with van der Waals surface area (Å²) in [5, 5.41) is 0.479. The number of fused-ring (bicyclic) bond motifs is 3. The van der Waals surface area contributed by atoms with E-state index in [2.05, 4.69) is 40.6 Å². The number of carbonyl (C=O) groups is 1. The molecule has 132 valence electrons. The Morgan fingerprint density at radius 2 is 1.92 bits per heavy atom. The van der Waals surface area contributed by atoms with Gasteiger partial charge in [-0.2, -0.15) is 4.98 Å². The van der Waals surface area contributed by atoms with Crippen molar-refractivity contribution in [1.29, 1.82) is 0 Å². The molecule has 0 amide bonds. The Labute approximate surface area is 146 Å². The summed E-state index contributed by atoms with van der Waals surface area (Å²) in [6.45, 7) is 8.16. The molecule has 1 aliphatic heterocycles. The van der Waals surface area contributed by atoms with Gasteiger partial charge in [-0.05, 0) is 36.2 Å². The Morgan fingerprint density at radius 3 is 2.64 bits per heavy atom. The molecule has 2 aromatic rings. The van der Waals surface area contributed by atoms with Gasteiger partial charge >= 0.3 is 0 Å². The van der Waals surface area contributed by atoms with E-state index in [1.165, 1.54) is 0 Å². The zero-order valence-electron chi connectivity index (χ0n) is 15.1. The fraction of sp³-hybridized carbons (Fsp3) is 0.579. The highest BCUT2D eigenvalue weighted by Crippen LogP contribution is 2.36. The second-order valence-electron chi connectivity index (χ2n) is 8.35. The molecule has 0 radical (unpaired) electrons. The molecule has 0 atom stereocenters. The van der Waals surface area contributed by atoms with Gasteiger partial charge in [-0.25, -0.2) is 4.98 Å². The highest BCUT2D eigenvalue weighted by molar-refractivity contribution is 6.02. The first-order valence-electron chi connectivity index (χ1n) is 9.04. The molecule has 1 N–H and O–H groups in total. The summed E-state index contributed by atoms with van der Waals surface area (Å²) < 4.78 is 0. The molecule has 2 aliphatic rings. The smallest absolute Gasteiger partial charge is 0.262 e. The Bertz CT molecular complexity index is 908. The predicted octanol–water partition coefficient (Wildman–Crippen LogP) is 2.71. The molecule has 0 unspecified atom stereocenters. The van der Waals surface area contributed by atoms with Crippen molar-refractivity contribution < 1.29 is 4.79 Å². The van der Waals surface area contributed by atoms with E-state index in [9.17, 15) is 9.59 Å². The van der Waals surface area contributed by atoms with E-state index in [1.54, 1.807) is 6.20 Å². The second kappa shape index (κ2) is 5.64. The van der Waals surface area contributed by atoms with Crippen molar-refractivity contribution in [2.24, 2.45) is 11.3 Å². The first kappa shape index (κ1) is 16.2. The van der Waals surface area contributed by atoms with Crippen molar-refractivity contribution in [2.75, 3.05) is 18.0 Å². The third kappa shape index (κ3) is 2.83. The van der Waals surface area contributed by atoms with Crippen molar-refractivity contribution in [1.82, 2.24) is 15.0 Å². The molecule has 3 heterocycles. The van der Waals surface area contributed by atoms with Crippen LogP contribution in [0.25, 0.3) is 11.0 Å². The van der Waals surface area contributed by atoms with Crippen LogP contribution >= 0.6 is 0 Å². The van der Waals surface area contributed by atoms with Gasteiger partial charge < -0.3 is 4.90 Å². The molecular weight excluding hydrogens is 316 g/mol. The third-order valence-corrected chi connectivity index (χ3v) is 5.51. The third-order valence-electron chi connectivity index (χ3n) is 5.51. The largest absolute Gasteiger partial charge is 0.342 e. The van der Waals surface area contributed by atoms with E-state index in [-0.39, 0.29) is 16.8 Å². The minimum atomic E-state index is -0.187. The summed E-state index contributed by atoms with van der Waals surface area (Å²) in [6, 6.07) is 0. The molecule has 6 heteroatoms. The average Bonchev–Trinajstić information content (AvgIpc) is 2.53. The van der Waals surface area contributed by atoms with Crippen LogP contribution in [0.5, 0.6) is 0 Å². The molecule has 1 fully saturated rings. The number of aromatic amines is 1. The van der Waals surface area contributed by atoms with E-state index in [4.69, 9.17) is 0 Å². The number of pyridine rings is 1. The molecule has 2 aromatic heterocycles. The van der Waals surface area contributed by atoms with Gasteiger partial charge in [-0.3, -0.25) is 14.6 Å². The molecular formula is C19H24N4O2. The summed E-state index contributed by atoms with van der Waals surface area (Å²) in [5.41, 5.74) is 1.50. The number of piperidine rings is 1. The summed E-state index contributed by atoms with van der Waals surface area (Å²) in [5.74, 6) is 1.37. The number of carbonyl (C=O) groups excluding carboxylic acids is 1. The molecule has 25 heavy (non-hydrogen) atoms. The number of H-pyrrole nitrogens is 1. The van der Waals surface area contributed by atoms with Crippen LogP contribution in [0, 0.1) is 11.3 Å². The van der Waals surface area contributed by atoms with Crippen LogP contribution < -0.4 is 10.5 Å². The molecule has 4 rings (SSSR count). The number of nitrogens with zero attached hydrogens (tertiary/aromatic N) is 3. The maximum atomic E-state index is 12.8. The zero-order chi connectivity index (χ0) is 17.8. The number of hydrogen-bond donors (Lipinski definition) is 1. The van der Waals surface area contributed by atoms with E-state index in [1.807, 2.05) is 0 Å². The number of ketones is 1. The summed E-state index contributed by atoms with van der Waals surface area (Å²) >= 11 is 0. The normalized spacial score (nSPS) is 20.8. The molecule has 0 aromatic carbocycles. The monoisotopic (exact) mass is 340 g/mol. The van der Waals surface area contributed by atoms with Crippen molar-refractivity contribution in [3.05, 3.63) is 27.7 Å². The molecule has 6 nitrogen and oxygen atoms in total. The predicted molar refractivity (Wildman–Crippen MR) is 97.2 cm³/mol. The van der Waals surface area contributed by atoms with Crippen LogP contribution in [0.3, 0.4) is 0 Å². The van der Waals surface area contributed by atoms with Gasteiger partial charge in [0.15, 0.2) is 11.4 Å². The van der Waals surface area contributed by atoms with Crippen LogP contribution in [0.15, 0.2) is 11.0 Å². The molecule has 1 aliphatic carbocycles. The van der Waals surface area contributed by atoms with Gasteiger partial charge in [0.1, 0.15) is 0 Å². The van der Waals surface area contributed by atoms with E-state index in [0.717, 1.165) is 31.5 Å². The topological polar surface area (TPSA) is 79.0 Å². The summed E-state index contributed by atoms with van der Waals surface area (Å²) in [7, 11) is 0. The minimum absolute atomic E-state index is 0.0640. The zero-order valence-corrected chi connectivity index (χ0v) is 15.1. The van der Waals surface area contributed by atoms with Crippen molar-refractivity contribution in [2.45, 2.75) is 46.5 Å². The van der Waals surface area contributed by atoms with Gasteiger partial charge in [0.05, 0.1) is 5.39 Å². The van der Waals surface area contributed by atoms with E-state index >= 15 is 0 Å². The van der Waals surface area contributed by atoms with Crippen molar-refractivity contribution in [3.8, 4) is 0 Å². The van der Waals surface area contributed by atoms with Gasteiger partial charge in [0.25, 0.3) is 5.56 Å². The van der Waals surface area contributed by atoms with E-state index in [0.29, 0.717) is 41.3 Å². The highest BCUT2D eigenvalue weighted by atomic mass is 16.1. The van der Waals surface area contributed by atoms with Gasteiger partial charge in [0, 0.05) is 31.3 Å². The standard InChI is InChI=1S/C19H24N4O2/c1-11-4-6-23(7-5-11)18-21-16-15(17(25)22-18)12-8-19(2,3)9-14(24)13(12)10-20-16/h10-11H,4-9H2,1-3H3,(H,20,21,22,25). The van der Waals surface area contributed by atoms with Gasteiger partial charge in [-0.15, -0.1) is 0 Å². The second-order valence-corrected chi connectivity index (χ2v) is 8.35. The lowest BCUT2D eigenvalue weighted by Gasteiger charge is -2.31. The molecule has 0 bridgehead atoms. The number of hydrogen-bond acceptors (Lipinski definition) is 5. The lowest BCUT2D eigenvalue weighted by atomic mass is 9.73. The van der Waals surface area contributed by atoms with Crippen LogP contribution in [0.4, 0.5) is 5.95 Å². The number of Topliss-reactive ketones (excluding diaryl/α,β-unsaturated/α-hetero) is 1. The first-order chi connectivity index (χ1) is 11.8.